The van der Waals surface area contributed by atoms with Crippen LogP contribution in [0.25, 0.3) is 10.9 Å². The number of fused-ring (bicyclic) bond motifs is 1. The summed E-state index contributed by atoms with van der Waals surface area (Å²) in [5, 5.41) is 14.0. The zero-order valence-electron chi connectivity index (χ0n) is 17.2. The topological polar surface area (TPSA) is 107 Å². The number of benzene rings is 1. The summed E-state index contributed by atoms with van der Waals surface area (Å²) < 4.78 is 20.7. The smallest absolute Gasteiger partial charge is 0.326 e. The lowest BCUT2D eigenvalue weighted by atomic mass is 10.1. The van der Waals surface area contributed by atoms with Crippen molar-refractivity contribution in [1.82, 2.24) is 30.5 Å². The Bertz CT molecular complexity index is 1180. The standard InChI is InChI=1S/C21H23FN8O/c1-12-10-30(11-13(2)25-12)19-9-18(26-17-6-8-24-29-17)27-21(28-19)31-16-4-3-15-14(20(16)22)5-7-23-15/h3-9,12-13,23,25H,10-11H2,1-2H3,(H2,24,26,27,28,29)/t12-,13?/m1/s1. The summed E-state index contributed by atoms with van der Waals surface area (Å²) in [5.74, 6) is 1.43. The highest BCUT2D eigenvalue weighted by Gasteiger charge is 2.24. The number of hydrogen-bond acceptors (Lipinski definition) is 7. The number of H-pyrrole nitrogens is 2. The third kappa shape index (κ3) is 4.02. The van der Waals surface area contributed by atoms with E-state index in [1.165, 1.54) is 0 Å². The van der Waals surface area contributed by atoms with Crippen LogP contribution in [0.15, 0.2) is 42.7 Å². The molecule has 0 amide bonds. The number of halogens is 1. The van der Waals surface area contributed by atoms with Crippen LogP contribution in [0.4, 0.5) is 21.8 Å². The molecule has 0 radical (unpaired) electrons. The quantitative estimate of drug-likeness (QED) is 0.390. The van der Waals surface area contributed by atoms with Crippen LogP contribution in [0.5, 0.6) is 11.8 Å². The molecule has 4 N–H and O–H groups in total. The highest BCUT2D eigenvalue weighted by Crippen LogP contribution is 2.30. The summed E-state index contributed by atoms with van der Waals surface area (Å²) in [6.45, 7) is 5.83. The fraction of sp³-hybridized carbons (Fsp3) is 0.286. The number of aromatic amines is 2. The van der Waals surface area contributed by atoms with Crippen LogP contribution >= 0.6 is 0 Å². The molecule has 0 saturated carbocycles. The van der Waals surface area contributed by atoms with Crippen molar-refractivity contribution in [3.05, 3.63) is 48.5 Å². The van der Waals surface area contributed by atoms with Gasteiger partial charge in [-0.2, -0.15) is 15.1 Å². The molecule has 4 heterocycles. The number of nitrogens with one attached hydrogen (secondary N) is 4. The minimum Gasteiger partial charge on any atom is -0.421 e. The SMILES string of the molecule is CC1CN(c2cc(Nc3cc[nH]n3)nc(Oc3ccc4[nH]ccc4c3F)n2)C[C@@H](C)N1. The minimum absolute atomic E-state index is 0.0585. The van der Waals surface area contributed by atoms with Gasteiger partial charge in [-0.3, -0.25) is 5.10 Å². The van der Waals surface area contributed by atoms with E-state index in [4.69, 9.17) is 4.74 Å². The number of nitrogens with zero attached hydrogens (tertiary/aromatic N) is 4. The van der Waals surface area contributed by atoms with E-state index in [1.807, 2.05) is 6.07 Å². The van der Waals surface area contributed by atoms with Gasteiger partial charge in [0.2, 0.25) is 0 Å². The van der Waals surface area contributed by atoms with Crippen molar-refractivity contribution < 1.29 is 9.13 Å². The summed E-state index contributed by atoms with van der Waals surface area (Å²) in [5.41, 5.74) is 0.698. The monoisotopic (exact) mass is 422 g/mol. The van der Waals surface area contributed by atoms with Crippen LogP contribution < -0.4 is 20.3 Å². The van der Waals surface area contributed by atoms with Gasteiger partial charge in [0.15, 0.2) is 17.4 Å². The molecule has 10 heteroatoms. The van der Waals surface area contributed by atoms with Crippen LogP contribution in [0.2, 0.25) is 0 Å². The normalized spacial score (nSPS) is 19.0. The lowest BCUT2D eigenvalue weighted by molar-refractivity contribution is 0.397. The third-order valence-corrected chi connectivity index (χ3v) is 5.16. The number of rotatable bonds is 5. The summed E-state index contributed by atoms with van der Waals surface area (Å²) in [7, 11) is 0. The first-order chi connectivity index (χ1) is 15.0. The molecule has 0 bridgehead atoms. The number of aromatic nitrogens is 5. The Morgan fingerprint density at radius 1 is 1.06 bits per heavy atom. The summed E-state index contributed by atoms with van der Waals surface area (Å²) >= 11 is 0. The predicted octanol–water partition coefficient (Wildman–Crippen LogP) is 3.54. The van der Waals surface area contributed by atoms with Crippen LogP contribution in [0.3, 0.4) is 0 Å². The Morgan fingerprint density at radius 3 is 2.68 bits per heavy atom. The van der Waals surface area contributed by atoms with Gasteiger partial charge in [0.25, 0.3) is 0 Å². The predicted molar refractivity (Wildman–Crippen MR) is 117 cm³/mol. The molecule has 1 aromatic carbocycles. The van der Waals surface area contributed by atoms with E-state index in [1.54, 1.807) is 36.7 Å². The Morgan fingerprint density at radius 2 is 1.90 bits per heavy atom. The van der Waals surface area contributed by atoms with Crippen molar-refractivity contribution in [3.63, 3.8) is 0 Å². The maximum Gasteiger partial charge on any atom is 0.326 e. The van der Waals surface area contributed by atoms with Crippen LogP contribution in [-0.4, -0.2) is 50.3 Å². The van der Waals surface area contributed by atoms with E-state index in [9.17, 15) is 4.39 Å². The average molecular weight is 422 g/mol. The largest absolute Gasteiger partial charge is 0.421 e. The van der Waals surface area contributed by atoms with Crippen LogP contribution in [0.1, 0.15) is 13.8 Å². The first-order valence-corrected chi connectivity index (χ1v) is 10.2. The summed E-state index contributed by atoms with van der Waals surface area (Å²) in [6, 6.07) is 9.30. The van der Waals surface area contributed by atoms with Gasteiger partial charge < -0.3 is 25.3 Å². The number of anilines is 3. The fourth-order valence-corrected chi connectivity index (χ4v) is 3.91. The van der Waals surface area contributed by atoms with E-state index in [0.717, 1.165) is 13.1 Å². The molecule has 1 saturated heterocycles. The molecule has 1 fully saturated rings. The van der Waals surface area contributed by atoms with E-state index in [2.05, 4.69) is 54.5 Å². The Hall–Kier alpha value is -3.66. The lowest BCUT2D eigenvalue weighted by Crippen LogP contribution is -2.54. The first kappa shape index (κ1) is 19.3. The van der Waals surface area contributed by atoms with Gasteiger partial charge in [-0.05, 0) is 32.0 Å². The highest BCUT2D eigenvalue weighted by molar-refractivity contribution is 5.81. The lowest BCUT2D eigenvalue weighted by Gasteiger charge is -2.37. The molecule has 2 atom stereocenters. The summed E-state index contributed by atoms with van der Waals surface area (Å²) in [4.78, 5) is 14.2. The van der Waals surface area contributed by atoms with Crippen molar-refractivity contribution >= 4 is 28.4 Å². The maximum absolute atomic E-state index is 14.9. The molecule has 5 rings (SSSR count). The molecule has 9 nitrogen and oxygen atoms in total. The molecule has 1 aliphatic rings. The van der Waals surface area contributed by atoms with E-state index in [0.29, 0.717) is 40.4 Å². The Kier molecular flexibility index (Phi) is 4.91. The van der Waals surface area contributed by atoms with Gasteiger partial charge in [0.1, 0.15) is 11.6 Å². The molecule has 1 unspecified atom stereocenters. The Labute approximate surface area is 178 Å². The highest BCUT2D eigenvalue weighted by atomic mass is 19.1. The zero-order valence-corrected chi connectivity index (χ0v) is 17.2. The van der Waals surface area contributed by atoms with E-state index >= 15 is 0 Å². The van der Waals surface area contributed by atoms with Gasteiger partial charge in [0.05, 0.1) is 0 Å². The second-order valence-corrected chi connectivity index (χ2v) is 7.77. The van der Waals surface area contributed by atoms with E-state index < -0.39 is 5.82 Å². The van der Waals surface area contributed by atoms with Gasteiger partial charge in [-0.15, -0.1) is 0 Å². The van der Waals surface area contributed by atoms with E-state index in [-0.39, 0.29) is 11.8 Å². The maximum atomic E-state index is 14.9. The van der Waals surface area contributed by atoms with Gasteiger partial charge in [-0.25, -0.2) is 4.39 Å². The fourth-order valence-electron chi connectivity index (χ4n) is 3.91. The number of hydrogen-bond donors (Lipinski definition) is 4. The van der Waals surface area contributed by atoms with Crippen molar-refractivity contribution in [2.45, 2.75) is 25.9 Å². The van der Waals surface area contributed by atoms with Crippen LogP contribution in [0, 0.1) is 5.82 Å². The molecular weight excluding hydrogens is 399 g/mol. The number of ether oxygens (including phenoxy) is 1. The van der Waals surface area contributed by atoms with Gasteiger partial charge in [0, 0.05) is 60.6 Å². The molecule has 0 spiro atoms. The first-order valence-electron chi connectivity index (χ1n) is 10.2. The van der Waals surface area contributed by atoms with Gasteiger partial charge >= 0.3 is 6.01 Å². The molecular formula is C21H23FN8O. The third-order valence-electron chi connectivity index (χ3n) is 5.16. The van der Waals surface area contributed by atoms with Gasteiger partial charge in [-0.1, -0.05) is 0 Å². The zero-order chi connectivity index (χ0) is 21.4. The second kappa shape index (κ2) is 7.88. The molecule has 3 aromatic heterocycles. The molecule has 160 valence electrons. The minimum atomic E-state index is -0.459. The van der Waals surface area contributed by atoms with Crippen LogP contribution in [-0.2, 0) is 0 Å². The van der Waals surface area contributed by atoms with Crippen molar-refractivity contribution in [2.75, 3.05) is 23.3 Å². The average Bonchev–Trinajstić information content (AvgIpc) is 3.41. The Balaban J connectivity index is 1.51. The van der Waals surface area contributed by atoms with Crippen molar-refractivity contribution in [2.24, 2.45) is 0 Å². The molecule has 1 aliphatic heterocycles. The second-order valence-electron chi connectivity index (χ2n) is 7.77. The van der Waals surface area contributed by atoms with Crippen molar-refractivity contribution in [3.8, 4) is 11.8 Å². The molecule has 31 heavy (non-hydrogen) atoms. The molecule has 0 aliphatic carbocycles. The van der Waals surface area contributed by atoms with Crippen molar-refractivity contribution in [1.29, 1.82) is 0 Å². The summed E-state index contributed by atoms with van der Waals surface area (Å²) in [6.07, 6.45) is 3.40. The number of piperazine rings is 1. The molecule has 4 aromatic rings.